The number of para-hydroxylation sites is 3. The smallest absolute Gasteiger partial charge is 0.158 e. The topological polar surface area (TPSA) is 112 Å². The van der Waals surface area contributed by atoms with E-state index in [9.17, 15) is 0 Å². The summed E-state index contributed by atoms with van der Waals surface area (Å²) in [4.78, 5) is 38.0. The van der Waals surface area contributed by atoms with Crippen LogP contribution in [0.5, 0.6) is 0 Å². The van der Waals surface area contributed by atoms with Gasteiger partial charge < -0.3 is 0 Å². The predicted octanol–water partition coefficient (Wildman–Crippen LogP) is 5.18. The zero-order chi connectivity index (χ0) is 26.2. The standard InChI is InChI=1S/C30H16N10/c1-2-6-18-17(5-1)15-22-39(18)19-7-3-4-8-20(19)40(22)21-16-37-29-27-25(33-11-12-35-27)23-24(32-10-9-31-23)26-28(30(29)38-21)36-14-13-34-26/h1-16H. The molecule has 0 fully saturated rings. The minimum Gasteiger partial charge on any atom is -0.293 e. The lowest BCUT2D eigenvalue weighted by Crippen LogP contribution is -2.09. The van der Waals surface area contributed by atoms with Crippen LogP contribution in [0.1, 0.15) is 0 Å². The third-order valence-corrected chi connectivity index (χ3v) is 7.26. The highest BCUT2D eigenvalue weighted by molar-refractivity contribution is 5.97. The number of rotatable bonds is 1. The van der Waals surface area contributed by atoms with E-state index in [2.05, 4.69) is 70.3 Å². The average molecular weight is 517 g/mol. The lowest BCUT2D eigenvalue weighted by atomic mass is 10.0. The van der Waals surface area contributed by atoms with Crippen LogP contribution in [0.4, 0.5) is 0 Å². The summed E-state index contributed by atoms with van der Waals surface area (Å²) in [7, 11) is 0. The Morgan fingerprint density at radius 3 is 1.52 bits per heavy atom. The average Bonchev–Trinajstić information content (AvgIpc) is 3.55. The van der Waals surface area contributed by atoms with E-state index in [-0.39, 0.29) is 0 Å². The van der Waals surface area contributed by atoms with Gasteiger partial charge in [0.1, 0.15) is 51.2 Å². The molecule has 6 aromatic heterocycles. The molecule has 0 N–H and O–H groups in total. The second-order valence-corrected chi connectivity index (χ2v) is 9.41. The van der Waals surface area contributed by atoms with Crippen molar-refractivity contribution in [3.05, 3.63) is 98.0 Å². The normalized spacial score (nSPS) is 12.0. The monoisotopic (exact) mass is 516 g/mol. The first-order chi connectivity index (χ1) is 19.9. The van der Waals surface area contributed by atoms with Gasteiger partial charge in [-0.25, -0.2) is 9.97 Å². The molecule has 0 saturated heterocycles. The molecule has 1 aliphatic carbocycles. The van der Waals surface area contributed by atoms with Gasteiger partial charge in [0.15, 0.2) is 5.82 Å². The van der Waals surface area contributed by atoms with Gasteiger partial charge in [-0.05, 0) is 24.3 Å². The summed E-state index contributed by atoms with van der Waals surface area (Å²) < 4.78 is 4.38. The molecule has 10 nitrogen and oxygen atoms in total. The molecule has 10 heteroatoms. The van der Waals surface area contributed by atoms with Crippen LogP contribution in [-0.2, 0) is 0 Å². The molecule has 0 atom stereocenters. The predicted molar refractivity (Wildman–Crippen MR) is 149 cm³/mol. The Labute approximate surface area is 225 Å². The molecule has 9 rings (SSSR count). The fourth-order valence-corrected chi connectivity index (χ4v) is 5.64. The lowest BCUT2D eigenvalue weighted by molar-refractivity contribution is 1.02. The summed E-state index contributed by atoms with van der Waals surface area (Å²) in [6.45, 7) is 0. The highest BCUT2D eigenvalue weighted by Crippen LogP contribution is 2.41. The Bertz CT molecular complexity index is 2290. The van der Waals surface area contributed by atoms with Crippen LogP contribution < -0.4 is 0 Å². The molecule has 40 heavy (non-hydrogen) atoms. The molecule has 1 aliphatic rings. The molecule has 186 valence electrons. The molecule has 8 aromatic rings. The van der Waals surface area contributed by atoms with E-state index in [4.69, 9.17) is 15.0 Å². The Morgan fingerprint density at radius 1 is 0.450 bits per heavy atom. The van der Waals surface area contributed by atoms with Gasteiger partial charge in [-0.1, -0.05) is 30.3 Å². The molecular weight excluding hydrogens is 500 g/mol. The highest BCUT2D eigenvalue weighted by atomic mass is 15.2. The van der Waals surface area contributed by atoms with Crippen molar-refractivity contribution in [1.82, 2.24) is 48.8 Å². The number of imidazole rings is 1. The largest absolute Gasteiger partial charge is 0.293 e. The zero-order valence-corrected chi connectivity index (χ0v) is 20.7. The quantitative estimate of drug-likeness (QED) is 0.293. The maximum atomic E-state index is 5.21. The van der Waals surface area contributed by atoms with Gasteiger partial charge >= 0.3 is 0 Å². The summed E-state index contributed by atoms with van der Waals surface area (Å²) in [5.41, 5.74) is 8.68. The van der Waals surface area contributed by atoms with Crippen LogP contribution in [0.15, 0.2) is 98.0 Å². The summed E-state index contributed by atoms with van der Waals surface area (Å²) in [5, 5.41) is 1.15. The first-order valence-corrected chi connectivity index (χ1v) is 12.7. The van der Waals surface area contributed by atoms with E-state index < -0.39 is 0 Å². The highest BCUT2D eigenvalue weighted by Gasteiger charge is 2.29. The maximum Gasteiger partial charge on any atom is 0.158 e. The molecular formula is C30H16N10. The van der Waals surface area contributed by atoms with Crippen LogP contribution in [0.25, 0.3) is 79.0 Å². The molecule has 0 spiro atoms. The van der Waals surface area contributed by atoms with Gasteiger partial charge in [-0.3, -0.25) is 38.9 Å². The molecule has 0 bridgehead atoms. The van der Waals surface area contributed by atoms with Gasteiger partial charge in [0, 0.05) is 42.6 Å². The van der Waals surface area contributed by atoms with Gasteiger partial charge in [-0.15, -0.1) is 0 Å². The van der Waals surface area contributed by atoms with Gasteiger partial charge in [0.05, 0.1) is 22.7 Å². The number of benzene rings is 2. The summed E-state index contributed by atoms with van der Waals surface area (Å²) in [5.74, 6) is 0.648. The van der Waals surface area contributed by atoms with Crippen LogP contribution in [0.3, 0.4) is 0 Å². The molecule has 0 radical (unpaired) electrons. The second kappa shape index (κ2) is 7.81. The maximum absolute atomic E-state index is 5.21. The Balaban J connectivity index is 1.40. The third-order valence-electron chi connectivity index (χ3n) is 7.26. The zero-order valence-electron chi connectivity index (χ0n) is 20.7. The first kappa shape index (κ1) is 21.1. The number of aromatic nitrogens is 10. The number of fused-ring (bicyclic) bond motifs is 13. The second-order valence-electron chi connectivity index (χ2n) is 9.41. The van der Waals surface area contributed by atoms with Crippen molar-refractivity contribution in [1.29, 1.82) is 0 Å². The summed E-state index contributed by atoms with van der Waals surface area (Å²) >= 11 is 0. The van der Waals surface area contributed by atoms with Crippen molar-refractivity contribution in [3.63, 3.8) is 0 Å². The molecule has 0 unspecified atom stereocenters. The van der Waals surface area contributed by atoms with Crippen molar-refractivity contribution in [2.75, 3.05) is 0 Å². The van der Waals surface area contributed by atoms with E-state index in [1.165, 1.54) is 0 Å². The Hall–Kier alpha value is -5.90. The van der Waals surface area contributed by atoms with E-state index in [0.29, 0.717) is 51.4 Å². The Kier molecular flexibility index (Phi) is 4.11. The SMILES string of the molecule is c1ccc2c(c1)cc1n(-c3cnc4c(n3)-c3nccnc3-c3nccnc3-c3nccnc3-4)c3ccccc3n21. The van der Waals surface area contributed by atoms with E-state index in [1.807, 2.05) is 18.2 Å². The molecule has 0 saturated carbocycles. The van der Waals surface area contributed by atoms with Crippen LogP contribution >= 0.6 is 0 Å². The number of hydrogen-bond acceptors (Lipinski definition) is 8. The van der Waals surface area contributed by atoms with E-state index in [1.54, 1.807) is 43.4 Å². The lowest BCUT2D eigenvalue weighted by Gasteiger charge is -2.18. The van der Waals surface area contributed by atoms with Crippen LogP contribution in [0, 0.1) is 0 Å². The fraction of sp³-hybridized carbons (Fsp3) is 0. The van der Waals surface area contributed by atoms with Crippen molar-refractivity contribution in [2.24, 2.45) is 0 Å². The molecule has 6 heterocycles. The van der Waals surface area contributed by atoms with Crippen LogP contribution in [-0.4, -0.2) is 48.8 Å². The van der Waals surface area contributed by atoms with Crippen molar-refractivity contribution in [3.8, 4) is 51.4 Å². The van der Waals surface area contributed by atoms with Crippen molar-refractivity contribution in [2.45, 2.75) is 0 Å². The van der Waals surface area contributed by atoms with Gasteiger partial charge in [0.25, 0.3) is 0 Å². The Morgan fingerprint density at radius 2 is 0.925 bits per heavy atom. The third kappa shape index (κ3) is 2.76. The molecule has 2 aromatic carbocycles. The molecule has 0 amide bonds. The molecule has 0 aliphatic heterocycles. The van der Waals surface area contributed by atoms with E-state index in [0.717, 1.165) is 27.6 Å². The van der Waals surface area contributed by atoms with Crippen LogP contribution in [0.2, 0.25) is 0 Å². The minimum absolute atomic E-state index is 0.547. The first-order valence-electron chi connectivity index (χ1n) is 12.7. The van der Waals surface area contributed by atoms with Gasteiger partial charge in [-0.2, -0.15) is 0 Å². The number of nitrogens with zero attached hydrogens (tertiary/aromatic N) is 10. The van der Waals surface area contributed by atoms with E-state index >= 15 is 0 Å². The minimum atomic E-state index is 0.547. The summed E-state index contributed by atoms with van der Waals surface area (Å²) in [6, 6.07) is 18.8. The summed E-state index contributed by atoms with van der Waals surface area (Å²) in [6.07, 6.45) is 11.6. The number of hydrogen-bond donors (Lipinski definition) is 0. The van der Waals surface area contributed by atoms with Crippen molar-refractivity contribution < 1.29 is 0 Å². The fourth-order valence-electron chi connectivity index (χ4n) is 5.64. The van der Waals surface area contributed by atoms with Crippen molar-refractivity contribution >= 4 is 27.6 Å². The van der Waals surface area contributed by atoms with Gasteiger partial charge in [0.2, 0.25) is 0 Å².